The van der Waals surface area contributed by atoms with E-state index in [4.69, 9.17) is 10.5 Å². The molecule has 2 nitrogen and oxygen atoms in total. The first-order valence-corrected chi connectivity index (χ1v) is 5.29. The molecule has 1 aromatic rings. The highest BCUT2D eigenvalue weighted by Gasteiger charge is 2.02. The van der Waals surface area contributed by atoms with Crippen LogP contribution in [-0.2, 0) is 6.42 Å². The maximum absolute atomic E-state index is 5.72. The van der Waals surface area contributed by atoms with Crippen LogP contribution in [0.15, 0.2) is 30.9 Å². The molecule has 0 aliphatic carbocycles. The predicted molar refractivity (Wildman–Crippen MR) is 68.3 cm³/mol. The Morgan fingerprint density at radius 3 is 3.00 bits per heavy atom. The van der Waals surface area contributed by atoms with Crippen LogP contribution in [0.3, 0.4) is 0 Å². The molecule has 1 rings (SSSR count). The fourth-order valence-corrected chi connectivity index (χ4v) is 1.39. The largest absolute Gasteiger partial charge is 0.492 e. The lowest BCUT2D eigenvalue weighted by Crippen LogP contribution is -2.00. The molecule has 0 atom stereocenters. The minimum absolute atomic E-state index is 0.606. The number of ether oxygens (including phenoxy) is 1. The summed E-state index contributed by atoms with van der Waals surface area (Å²) in [5.74, 6) is 6.67. The molecule has 2 N–H and O–H groups in total. The average molecular weight is 215 g/mol. The van der Waals surface area contributed by atoms with Gasteiger partial charge in [-0.15, -0.1) is 18.4 Å². The highest BCUT2D eigenvalue weighted by Crippen LogP contribution is 2.22. The topological polar surface area (TPSA) is 35.2 Å². The summed E-state index contributed by atoms with van der Waals surface area (Å²) in [5, 5.41) is 0. The first-order chi connectivity index (χ1) is 7.77. The van der Waals surface area contributed by atoms with Gasteiger partial charge < -0.3 is 10.5 Å². The van der Waals surface area contributed by atoms with Crippen molar-refractivity contribution in [3.63, 3.8) is 0 Å². The van der Waals surface area contributed by atoms with E-state index in [0.717, 1.165) is 29.8 Å². The summed E-state index contributed by atoms with van der Waals surface area (Å²) >= 11 is 0. The van der Waals surface area contributed by atoms with Crippen LogP contribution in [0.2, 0.25) is 0 Å². The summed E-state index contributed by atoms with van der Waals surface area (Å²) in [5.41, 5.74) is 7.54. The number of rotatable bonds is 5. The number of nitrogens with two attached hydrogens (primary N) is 1. The number of hydrogen-bond acceptors (Lipinski definition) is 2. The van der Waals surface area contributed by atoms with E-state index in [2.05, 4.69) is 18.4 Å². The minimum Gasteiger partial charge on any atom is -0.492 e. The fraction of sp³-hybridized carbons (Fsp3) is 0.286. The summed E-state index contributed by atoms with van der Waals surface area (Å²) in [6, 6.07) is 5.66. The SMILES string of the molecule is C=CCc1cc(N)ccc1OCCC#CC. The van der Waals surface area contributed by atoms with Gasteiger partial charge in [0.05, 0.1) is 6.61 Å². The lowest BCUT2D eigenvalue weighted by molar-refractivity contribution is 0.324. The van der Waals surface area contributed by atoms with Gasteiger partial charge in [0.25, 0.3) is 0 Å². The van der Waals surface area contributed by atoms with Gasteiger partial charge in [-0.3, -0.25) is 0 Å². The molecule has 84 valence electrons. The molecular formula is C14H17NO. The van der Waals surface area contributed by atoms with Gasteiger partial charge in [0.2, 0.25) is 0 Å². The first kappa shape index (κ1) is 12.2. The van der Waals surface area contributed by atoms with Gasteiger partial charge in [-0.2, -0.15) is 0 Å². The van der Waals surface area contributed by atoms with Crippen LogP contribution in [0.25, 0.3) is 0 Å². The fourth-order valence-electron chi connectivity index (χ4n) is 1.39. The lowest BCUT2D eigenvalue weighted by atomic mass is 10.1. The Morgan fingerprint density at radius 2 is 2.31 bits per heavy atom. The maximum atomic E-state index is 5.72. The third-order valence-corrected chi connectivity index (χ3v) is 2.11. The Hall–Kier alpha value is -1.88. The zero-order chi connectivity index (χ0) is 11.8. The van der Waals surface area contributed by atoms with Crippen molar-refractivity contribution in [3.8, 4) is 17.6 Å². The Morgan fingerprint density at radius 1 is 1.50 bits per heavy atom. The van der Waals surface area contributed by atoms with E-state index in [1.165, 1.54) is 0 Å². The molecule has 0 fully saturated rings. The Bertz CT molecular complexity index is 412. The molecule has 0 aromatic heterocycles. The number of benzene rings is 1. The van der Waals surface area contributed by atoms with Crippen LogP contribution in [0.1, 0.15) is 18.9 Å². The summed E-state index contributed by atoms with van der Waals surface area (Å²) < 4.78 is 5.64. The third kappa shape index (κ3) is 3.70. The van der Waals surface area contributed by atoms with Gasteiger partial charge in [0.15, 0.2) is 0 Å². The molecule has 0 amide bonds. The molecule has 1 aromatic carbocycles. The van der Waals surface area contributed by atoms with Gasteiger partial charge in [-0.1, -0.05) is 6.08 Å². The molecule has 0 heterocycles. The first-order valence-electron chi connectivity index (χ1n) is 5.29. The van der Waals surface area contributed by atoms with E-state index in [9.17, 15) is 0 Å². The van der Waals surface area contributed by atoms with E-state index in [-0.39, 0.29) is 0 Å². The Kier molecular flexibility index (Phi) is 5.01. The second kappa shape index (κ2) is 6.58. The summed E-state index contributed by atoms with van der Waals surface area (Å²) in [6.07, 6.45) is 3.35. The third-order valence-electron chi connectivity index (χ3n) is 2.11. The normalized spacial score (nSPS) is 9.06. The van der Waals surface area contributed by atoms with E-state index >= 15 is 0 Å². The van der Waals surface area contributed by atoms with Crippen molar-refractivity contribution in [1.82, 2.24) is 0 Å². The van der Waals surface area contributed by atoms with E-state index in [1.807, 2.05) is 31.2 Å². The maximum Gasteiger partial charge on any atom is 0.122 e. The highest BCUT2D eigenvalue weighted by molar-refractivity contribution is 5.48. The van der Waals surface area contributed by atoms with Crippen molar-refractivity contribution in [2.24, 2.45) is 0 Å². The van der Waals surface area contributed by atoms with Crippen LogP contribution in [0.4, 0.5) is 5.69 Å². The number of anilines is 1. The summed E-state index contributed by atoms with van der Waals surface area (Å²) in [7, 11) is 0. The minimum atomic E-state index is 0.606. The quantitative estimate of drug-likeness (QED) is 0.355. The van der Waals surface area contributed by atoms with Gasteiger partial charge in [0.1, 0.15) is 5.75 Å². The zero-order valence-corrected chi connectivity index (χ0v) is 9.62. The second-order valence-corrected chi connectivity index (χ2v) is 3.39. The number of hydrogen-bond donors (Lipinski definition) is 1. The van der Waals surface area contributed by atoms with Gasteiger partial charge in [-0.05, 0) is 37.1 Å². The molecule has 0 aliphatic heterocycles. The molecule has 0 unspecified atom stereocenters. The van der Waals surface area contributed by atoms with Gasteiger partial charge in [-0.25, -0.2) is 0 Å². The number of allylic oxidation sites excluding steroid dienone is 1. The van der Waals surface area contributed by atoms with Gasteiger partial charge >= 0.3 is 0 Å². The molecule has 0 spiro atoms. The Labute approximate surface area is 97.1 Å². The standard InChI is InChI=1S/C14H17NO/c1-3-5-6-10-16-14-9-8-13(15)11-12(14)7-4-2/h4,8-9,11H,2,6-7,10,15H2,1H3. The highest BCUT2D eigenvalue weighted by atomic mass is 16.5. The van der Waals surface area contributed by atoms with E-state index in [0.29, 0.717) is 6.61 Å². The van der Waals surface area contributed by atoms with Crippen LogP contribution in [-0.4, -0.2) is 6.61 Å². The summed E-state index contributed by atoms with van der Waals surface area (Å²) in [6.45, 7) is 6.15. The van der Waals surface area contributed by atoms with Crippen LogP contribution in [0, 0.1) is 11.8 Å². The van der Waals surface area contributed by atoms with Gasteiger partial charge in [0, 0.05) is 12.1 Å². The van der Waals surface area contributed by atoms with Crippen LogP contribution in [0.5, 0.6) is 5.75 Å². The second-order valence-electron chi connectivity index (χ2n) is 3.39. The van der Waals surface area contributed by atoms with Crippen molar-refractivity contribution in [3.05, 3.63) is 36.4 Å². The lowest BCUT2D eigenvalue weighted by Gasteiger charge is -2.09. The molecular weight excluding hydrogens is 198 g/mol. The average Bonchev–Trinajstić information content (AvgIpc) is 2.27. The molecule has 0 bridgehead atoms. The smallest absolute Gasteiger partial charge is 0.122 e. The number of nitrogen functional groups attached to an aromatic ring is 1. The van der Waals surface area contributed by atoms with E-state index in [1.54, 1.807) is 0 Å². The Balaban J connectivity index is 2.68. The monoisotopic (exact) mass is 215 g/mol. The predicted octanol–water partition coefficient (Wildman–Crippen LogP) is 2.79. The molecule has 0 aliphatic rings. The van der Waals surface area contributed by atoms with Crippen LogP contribution >= 0.6 is 0 Å². The van der Waals surface area contributed by atoms with Crippen molar-refractivity contribution < 1.29 is 4.74 Å². The molecule has 0 radical (unpaired) electrons. The van der Waals surface area contributed by atoms with Crippen molar-refractivity contribution in [2.75, 3.05) is 12.3 Å². The van der Waals surface area contributed by atoms with Crippen LogP contribution < -0.4 is 10.5 Å². The molecule has 2 heteroatoms. The van der Waals surface area contributed by atoms with Crippen molar-refractivity contribution in [1.29, 1.82) is 0 Å². The molecule has 16 heavy (non-hydrogen) atoms. The zero-order valence-electron chi connectivity index (χ0n) is 9.62. The molecule has 0 saturated heterocycles. The van der Waals surface area contributed by atoms with Crippen molar-refractivity contribution >= 4 is 5.69 Å². The van der Waals surface area contributed by atoms with Crippen molar-refractivity contribution in [2.45, 2.75) is 19.8 Å². The molecule has 0 saturated carbocycles. The van der Waals surface area contributed by atoms with E-state index < -0.39 is 0 Å². The summed E-state index contributed by atoms with van der Waals surface area (Å²) in [4.78, 5) is 0.